The maximum atomic E-state index is 13.9. The van der Waals surface area contributed by atoms with Gasteiger partial charge in [0, 0.05) is 18.7 Å². The number of rotatable bonds is 5. The molecule has 0 radical (unpaired) electrons. The number of halogens is 1. The summed E-state index contributed by atoms with van der Waals surface area (Å²) in [5, 5.41) is 3.28. The highest BCUT2D eigenvalue weighted by Crippen LogP contribution is 2.24. The lowest BCUT2D eigenvalue weighted by atomic mass is 10.2. The highest BCUT2D eigenvalue weighted by molar-refractivity contribution is 5.33. The molecule has 20 heavy (non-hydrogen) atoms. The second-order valence-corrected chi connectivity index (χ2v) is 4.99. The molecule has 0 amide bonds. The van der Waals surface area contributed by atoms with Crippen molar-refractivity contribution >= 4 is 0 Å². The first kappa shape index (κ1) is 14.5. The summed E-state index contributed by atoms with van der Waals surface area (Å²) in [6.45, 7) is 6.51. The monoisotopic (exact) mass is 274 g/mol. The van der Waals surface area contributed by atoms with E-state index >= 15 is 0 Å². The quantitative estimate of drug-likeness (QED) is 0.900. The standard InChI is InChI=1S/C16H19FN2O/c1-11(2)18-10-13-7-5-9-15(19-13)20-14-8-4-6-12(3)16(14)17/h4-9,11,18H,10H2,1-3H3. The minimum absolute atomic E-state index is 0.200. The SMILES string of the molecule is Cc1cccc(Oc2cccc(CNC(C)C)n2)c1F. The number of pyridine rings is 1. The number of hydrogen-bond acceptors (Lipinski definition) is 3. The molecule has 1 N–H and O–H groups in total. The van der Waals surface area contributed by atoms with Crippen LogP contribution in [0.2, 0.25) is 0 Å². The lowest BCUT2D eigenvalue weighted by Gasteiger charge is -2.10. The zero-order valence-corrected chi connectivity index (χ0v) is 12.0. The van der Waals surface area contributed by atoms with E-state index in [9.17, 15) is 4.39 Å². The third kappa shape index (κ3) is 3.78. The Morgan fingerprint density at radius 1 is 1.20 bits per heavy atom. The van der Waals surface area contributed by atoms with Crippen LogP contribution in [-0.4, -0.2) is 11.0 Å². The molecule has 3 nitrogen and oxygen atoms in total. The van der Waals surface area contributed by atoms with E-state index in [0.29, 0.717) is 24.0 Å². The van der Waals surface area contributed by atoms with Gasteiger partial charge < -0.3 is 10.1 Å². The fourth-order valence-corrected chi connectivity index (χ4v) is 1.73. The zero-order chi connectivity index (χ0) is 14.5. The summed E-state index contributed by atoms with van der Waals surface area (Å²) >= 11 is 0. The number of ether oxygens (including phenoxy) is 1. The molecule has 4 heteroatoms. The Morgan fingerprint density at radius 3 is 2.70 bits per heavy atom. The number of aryl methyl sites for hydroxylation is 1. The molecule has 0 unspecified atom stereocenters. The summed E-state index contributed by atoms with van der Waals surface area (Å²) < 4.78 is 19.4. The molecule has 0 saturated carbocycles. The lowest BCUT2D eigenvalue weighted by Crippen LogP contribution is -2.22. The average Bonchev–Trinajstić information content (AvgIpc) is 2.42. The van der Waals surface area contributed by atoms with Crippen LogP contribution in [0.25, 0.3) is 0 Å². The molecule has 2 rings (SSSR count). The summed E-state index contributed by atoms with van der Waals surface area (Å²) in [7, 11) is 0. The number of aromatic nitrogens is 1. The van der Waals surface area contributed by atoms with Gasteiger partial charge in [0.1, 0.15) is 0 Å². The van der Waals surface area contributed by atoms with Gasteiger partial charge in [-0.15, -0.1) is 0 Å². The van der Waals surface area contributed by atoms with Crippen LogP contribution >= 0.6 is 0 Å². The zero-order valence-electron chi connectivity index (χ0n) is 12.0. The first-order valence-electron chi connectivity index (χ1n) is 6.68. The Hall–Kier alpha value is -1.94. The van der Waals surface area contributed by atoms with Crippen molar-refractivity contribution in [1.29, 1.82) is 0 Å². The van der Waals surface area contributed by atoms with Crippen molar-refractivity contribution in [3.8, 4) is 11.6 Å². The van der Waals surface area contributed by atoms with E-state index in [0.717, 1.165) is 5.69 Å². The van der Waals surface area contributed by atoms with Crippen LogP contribution in [0, 0.1) is 12.7 Å². The minimum atomic E-state index is -0.347. The normalized spacial score (nSPS) is 10.8. The smallest absolute Gasteiger partial charge is 0.219 e. The van der Waals surface area contributed by atoms with E-state index in [1.165, 1.54) is 0 Å². The molecule has 0 saturated heterocycles. The van der Waals surface area contributed by atoms with Crippen LogP contribution in [-0.2, 0) is 6.54 Å². The van der Waals surface area contributed by atoms with E-state index in [2.05, 4.69) is 24.1 Å². The summed E-state index contributed by atoms with van der Waals surface area (Å²) in [4.78, 5) is 4.36. The Bertz CT molecular complexity index is 584. The largest absolute Gasteiger partial charge is 0.436 e. The summed E-state index contributed by atoms with van der Waals surface area (Å²) in [6, 6.07) is 10.9. The van der Waals surface area contributed by atoms with Crippen LogP contribution in [0.5, 0.6) is 11.6 Å². The van der Waals surface area contributed by atoms with Gasteiger partial charge in [-0.3, -0.25) is 0 Å². The minimum Gasteiger partial charge on any atom is -0.436 e. The first-order chi connectivity index (χ1) is 9.56. The topological polar surface area (TPSA) is 34.1 Å². The van der Waals surface area contributed by atoms with E-state index in [1.54, 1.807) is 31.2 Å². The Kier molecular flexibility index (Phi) is 4.69. The van der Waals surface area contributed by atoms with E-state index in [1.807, 2.05) is 12.1 Å². The maximum absolute atomic E-state index is 13.9. The molecule has 0 aliphatic rings. The van der Waals surface area contributed by atoms with Crippen molar-refractivity contribution in [2.24, 2.45) is 0 Å². The molecule has 1 aromatic heterocycles. The molecule has 0 atom stereocenters. The van der Waals surface area contributed by atoms with Crippen molar-refractivity contribution in [2.75, 3.05) is 0 Å². The van der Waals surface area contributed by atoms with E-state index in [4.69, 9.17) is 4.74 Å². The predicted octanol–water partition coefficient (Wildman–Crippen LogP) is 3.82. The average molecular weight is 274 g/mol. The van der Waals surface area contributed by atoms with Crippen LogP contribution < -0.4 is 10.1 Å². The highest BCUT2D eigenvalue weighted by Gasteiger charge is 2.08. The molecule has 2 aromatic rings. The Morgan fingerprint density at radius 2 is 1.95 bits per heavy atom. The third-order valence-electron chi connectivity index (χ3n) is 2.84. The fourth-order valence-electron chi connectivity index (χ4n) is 1.73. The molecule has 0 spiro atoms. The number of nitrogens with zero attached hydrogens (tertiary/aromatic N) is 1. The number of nitrogens with one attached hydrogen (secondary N) is 1. The third-order valence-corrected chi connectivity index (χ3v) is 2.84. The molecule has 0 bridgehead atoms. The lowest BCUT2D eigenvalue weighted by molar-refractivity contribution is 0.423. The van der Waals surface area contributed by atoms with Crippen molar-refractivity contribution in [3.63, 3.8) is 0 Å². The van der Waals surface area contributed by atoms with Crippen molar-refractivity contribution in [1.82, 2.24) is 10.3 Å². The molecule has 0 fully saturated rings. The van der Waals surface area contributed by atoms with Gasteiger partial charge in [0.25, 0.3) is 0 Å². The van der Waals surface area contributed by atoms with Crippen molar-refractivity contribution in [2.45, 2.75) is 33.4 Å². The molecule has 1 heterocycles. The van der Waals surface area contributed by atoms with Crippen molar-refractivity contribution in [3.05, 3.63) is 53.5 Å². The summed E-state index contributed by atoms with van der Waals surface area (Å²) in [5.74, 6) is 0.254. The predicted molar refractivity (Wildman–Crippen MR) is 77.4 cm³/mol. The molecular formula is C16H19FN2O. The van der Waals surface area contributed by atoms with E-state index in [-0.39, 0.29) is 11.6 Å². The highest BCUT2D eigenvalue weighted by atomic mass is 19.1. The van der Waals surface area contributed by atoms with E-state index < -0.39 is 0 Å². The number of benzene rings is 1. The van der Waals surface area contributed by atoms with Crippen LogP contribution in [0.1, 0.15) is 25.1 Å². The van der Waals surface area contributed by atoms with Gasteiger partial charge in [-0.05, 0) is 24.6 Å². The molecule has 0 aliphatic heterocycles. The Balaban J connectivity index is 2.13. The number of hydrogen-bond donors (Lipinski definition) is 1. The van der Waals surface area contributed by atoms with Gasteiger partial charge in [0.05, 0.1) is 5.69 Å². The maximum Gasteiger partial charge on any atom is 0.219 e. The fraction of sp³-hybridized carbons (Fsp3) is 0.312. The Labute approximate surface area is 118 Å². The molecule has 106 valence electrons. The van der Waals surface area contributed by atoms with Gasteiger partial charge >= 0.3 is 0 Å². The van der Waals surface area contributed by atoms with Gasteiger partial charge in [0.2, 0.25) is 5.88 Å². The second-order valence-electron chi connectivity index (χ2n) is 4.99. The summed E-state index contributed by atoms with van der Waals surface area (Å²) in [6.07, 6.45) is 0. The van der Waals surface area contributed by atoms with Gasteiger partial charge in [-0.25, -0.2) is 9.37 Å². The molecular weight excluding hydrogens is 255 g/mol. The van der Waals surface area contributed by atoms with Crippen LogP contribution in [0.4, 0.5) is 4.39 Å². The molecule has 0 aliphatic carbocycles. The van der Waals surface area contributed by atoms with Crippen molar-refractivity contribution < 1.29 is 9.13 Å². The first-order valence-corrected chi connectivity index (χ1v) is 6.68. The summed E-state index contributed by atoms with van der Waals surface area (Å²) in [5.41, 5.74) is 1.42. The van der Waals surface area contributed by atoms with Gasteiger partial charge in [-0.2, -0.15) is 0 Å². The van der Waals surface area contributed by atoms with Gasteiger partial charge in [-0.1, -0.05) is 32.0 Å². The second kappa shape index (κ2) is 6.48. The van der Waals surface area contributed by atoms with Crippen LogP contribution in [0.3, 0.4) is 0 Å². The molecule has 1 aromatic carbocycles. The van der Waals surface area contributed by atoms with Gasteiger partial charge in [0.15, 0.2) is 11.6 Å². The van der Waals surface area contributed by atoms with Crippen LogP contribution in [0.15, 0.2) is 36.4 Å².